The van der Waals surface area contributed by atoms with Gasteiger partial charge in [-0.1, -0.05) is 36.4 Å². The van der Waals surface area contributed by atoms with Crippen molar-refractivity contribution in [3.05, 3.63) is 59.6 Å². The van der Waals surface area contributed by atoms with E-state index in [-0.39, 0.29) is 35.3 Å². The third kappa shape index (κ3) is 2.56. The summed E-state index contributed by atoms with van der Waals surface area (Å²) in [4.78, 5) is 2.60. The number of nitrogens with zero attached hydrogens (tertiary/aromatic N) is 1. The lowest BCUT2D eigenvalue weighted by atomic mass is 9.44. The van der Waals surface area contributed by atoms with Crippen LogP contribution in [0.4, 0.5) is 0 Å². The molecule has 2 heterocycles. The molecule has 3 saturated carbocycles. The standard InChI is InChI=1S/C27H33NO4/c29-20-9-8-19-14-22-27(30)11-10-21(31-16-18-4-2-1-3-5-18)25-26(27,23(19)24(20)32-25)12-13-28(22)15-17-6-7-17/h1-5,8-9,17,19,21-23,25,29-30H,6-7,10-16H2/t19?,21?,22?,23?,25?,26?,27-/m1/s1. The number of aliphatic hydroxyl groups is 2. The van der Waals surface area contributed by atoms with E-state index in [9.17, 15) is 10.2 Å². The summed E-state index contributed by atoms with van der Waals surface area (Å²) in [5, 5.41) is 23.2. The Balaban J connectivity index is 1.26. The molecule has 0 aromatic heterocycles. The lowest BCUT2D eigenvalue weighted by Gasteiger charge is -2.67. The van der Waals surface area contributed by atoms with E-state index in [1.807, 2.05) is 24.3 Å². The molecular weight excluding hydrogens is 402 g/mol. The largest absolute Gasteiger partial charge is 0.504 e. The molecule has 1 spiro atoms. The van der Waals surface area contributed by atoms with E-state index >= 15 is 0 Å². The van der Waals surface area contributed by atoms with E-state index in [2.05, 4.69) is 23.1 Å². The molecule has 7 rings (SSSR count). The van der Waals surface area contributed by atoms with Crippen molar-refractivity contribution in [1.82, 2.24) is 4.90 Å². The second-order valence-electron chi connectivity index (χ2n) is 11.1. The van der Waals surface area contributed by atoms with Gasteiger partial charge in [0, 0.05) is 18.5 Å². The molecular formula is C27H33NO4. The molecule has 5 fully saturated rings. The van der Waals surface area contributed by atoms with Crippen molar-refractivity contribution in [2.24, 2.45) is 23.2 Å². The summed E-state index contributed by atoms with van der Waals surface area (Å²) in [6.45, 7) is 2.68. The van der Waals surface area contributed by atoms with Gasteiger partial charge in [0.15, 0.2) is 5.76 Å². The summed E-state index contributed by atoms with van der Waals surface area (Å²) in [5.41, 5.74) is -0.0104. The fourth-order valence-electron chi connectivity index (χ4n) is 7.99. The number of rotatable bonds is 5. The molecule has 2 N–H and O–H groups in total. The Kier molecular flexibility index (Phi) is 4.20. The van der Waals surface area contributed by atoms with Gasteiger partial charge in [0.25, 0.3) is 0 Å². The first-order valence-corrected chi connectivity index (χ1v) is 12.5. The molecule has 2 aliphatic heterocycles. The Labute approximate surface area is 189 Å². The Morgan fingerprint density at radius 3 is 2.78 bits per heavy atom. The summed E-state index contributed by atoms with van der Waals surface area (Å²) in [5.74, 6) is 2.15. The molecule has 2 saturated heterocycles. The fourth-order valence-corrected chi connectivity index (χ4v) is 7.99. The average molecular weight is 436 g/mol. The highest BCUT2D eigenvalue weighted by Crippen LogP contribution is 2.70. The van der Waals surface area contributed by atoms with Crippen LogP contribution in [0.25, 0.3) is 0 Å². The van der Waals surface area contributed by atoms with Gasteiger partial charge in [-0.15, -0.1) is 0 Å². The zero-order valence-electron chi connectivity index (χ0n) is 18.5. The minimum absolute atomic E-state index is 0.0601. The van der Waals surface area contributed by atoms with Gasteiger partial charge in [0.1, 0.15) is 11.9 Å². The quantitative estimate of drug-likeness (QED) is 0.734. The number of hydrogen-bond donors (Lipinski definition) is 2. The number of ether oxygens (including phenoxy) is 2. The first kappa shape index (κ1) is 19.6. The number of hydrogen-bond acceptors (Lipinski definition) is 5. The van der Waals surface area contributed by atoms with Crippen LogP contribution in [0.5, 0.6) is 0 Å². The molecule has 6 aliphatic rings. The molecule has 32 heavy (non-hydrogen) atoms. The first-order chi connectivity index (χ1) is 15.6. The predicted molar refractivity (Wildman–Crippen MR) is 120 cm³/mol. The van der Waals surface area contributed by atoms with Gasteiger partial charge < -0.3 is 19.7 Å². The van der Waals surface area contributed by atoms with Crippen LogP contribution in [-0.4, -0.2) is 52.1 Å². The lowest BCUT2D eigenvalue weighted by Crippen LogP contribution is -2.77. The van der Waals surface area contributed by atoms with Gasteiger partial charge >= 0.3 is 0 Å². The van der Waals surface area contributed by atoms with E-state index in [0.29, 0.717) is 18.3 Å². The van der Waals surface area contributed by atoms with Gasteiger partial charge in [0.2, 0.25) is 0 Å². The Hall–Kier alpha value is -1.82. The summed E-state index contributed by atoms with van der Waals surface area (Å²) in [6.07, 6.45) is 9.80. The highest BCUT2D eigenvalue weighted by Gasteiger charge is 2.77. The topological polar surface area (TPSA) is 62.2 Å². The van der Waals surface area contributed by atoms with Gasteiger partial charge in [0.05, 0.1) is 23.7 Å². The van der Waals surface area contributed by atoms with Crippen LogP contribution in [0, 0.1) is 23.2 Å². The minimum Gasteiger partial charge on any atom is -0.504 e. The van der Waals surface area contributed by atoms with Crippen molar-refractivity contribution in [1.29, 1.82) is 0 Å². The van der Waals surface area contributed by atoms with Crippen molar-refractivity contribution in [3.63, 3.8) is 0 Å². The van der Waals surface area contributed by atoms with E-state index in [1.54, 1.807) is 0 Å². The highest BCUT2D eigenvalue weighted by atomic mass is 16.6. The Morgan fingerprint density at radius 2 is 1.97 bits per heavy atom. The highest BCUT2D eigenvalue weighted by molar-refractivity contribution is 5.38. The molecule has 7 atom stereocenters. The third-order valence-corrected chi connectivity index (χ3v) is 9.53. The molecule has 4 aliphatic carbocycles. The zero-order chi connectivity index (χ0) is 21.5. The fraction of sp³-hybridized carbons (Fsp3) is 0.630. The van der Waals surface area contributed by atoms with E-state index in [4.69, 9.17) is 9.47 Å². The summed E-state index contributed by atoms with van der Waals surface area (Å²) in [6, 6.07) is 10.5. The van der Waals surface area contributed by atoms with Crippen LogP contribution in [-0.2, 0) is 16.1 Å². The monoisotopic (exact) mass is 435 g/mol. The SMILES string of the molecule is OC1=C2OC3C(OCc4ccccc4)CC[C@@]4(O)C5CC(C=C1)C2C34CCN5CC1CC1. The smallest absolute Gasteiger partial charge is 0.153 e. The Bertz CT molecular complexity index is 971. The van der Waals surface area contributed by atoms with Crippen molar-refractivity contribution >= 4 is 0 Å². The van der Waals surface area contributed by atoms with Crippen molar-refractivity contribution in [2.45, 2.75) is 69.0 Å². The maximum absolute atomic E-state index is 12.5. The molecule has 0 amide bonds. The van der Waals surface area contributed by atoms with Crippen molar-refractivity contribution in [2.75, 3.05) is 13.1 Å². The zero-order valence-corrected chi connectivity index (χ0v) is 18.5. The van der Waals surface area contributed by atoms with Crippen LogP contribution in [0.2, 0.25) is 0 Å². The summed E-state index contributed by atoms with van der Waals surface area (Å²) in [7, 11) is 0. The van der Waals surface area contributed by atoms with E-state index in [0.717, 1.165) is 50.3 Å². The van der Waals surface area contributed by atoms with Gasteiger partial charge in [-0.25, -0.2) is 0 Å². The van der Waals surface area contributed by atoms with E-state index in [1.165, 1.54) is 12.8 Å². The van der Waals surface area contributed by atoms with Crippen molar-refractivity contribution < 1.29 is 19.7 Å². The molecule has 1 aromatic carbocycles. The number of aliphatic hydroxyl groups excluding tert-OH is 1. The van der Waals surface area contributed by atoms with E-state index < -0.39 is 5.60 Å². The number of benzene rings is 1. The molecule has 2 bridgehead atoms. The number of likely N-dealkylation sites (tertiary alicyclic amines) is 1. The van der Waals surface area contributed by atoms with Crippen LogP contribution in [0.1, 0.15) is 44.1 Å². The lowest BCUT2D eigenvalue weighted by molar-refractivity contribution is -0.273. The van der Waals surface area contributed by atoms with Crippen LogP contribution in [0.3, 0.4) is 0 Å². The first-order valence-electron chi connectivity index (χ1n) is 12.5. The van der Waals surface area contributed by atoms with Gasteiger partial charge in [-0.3, -0.25) is 4.90 Å². The average Bonchev–Trinajstić information content (AvgIpc) is 3.54. The van der Waals surface area contributed by atoms with Crippen LogP contribution in [0.15, 0.2) is 54.0 Å². The number of allylic oxidation sites excluding steroid dienone is 3. The molecule has 0 radical (unpaired) electrons. The van der Waals surface area contributed by atoms with Crippen LogP contribution < -0.4 is 0 Å². The Morgan fingerprint density at radius 1 is 1.12 bits per heavy atom. The van der Waals surface area contributed by atoms with Crippen molar-refractivity contribution in [3.8, 4) is 0 Å². The van der Waals surface area contributed by atoms with Crippen LogP contribution >= 0.6 is 0 Å². The van der Waals surface area contributed by atoms with Gasteiger partial charge in [-0.2, -0.15) is 0 Å². The van der Waals surface area contributed by atoms with Gasteiger partial charge in [-0.05, 0) is 68.5 Å². The maximum atomic E-state index is 12.5. The molecule has 1 aromatic rings. The third-order valence-electron chi connectivity index (χ3n) is 9.53. The maximum Gasteiger partial charge on any atom is 0.153 e. The number of piperidine rings is 1. The molecule has 170 valence electrons. The molecule has 6 unspecified atom stereocenters. The normalized spacial score (nSPS) is 44.3. The minimum atomic E-state index is -0.786. The molecule has 5 heteroatoms. The predicted octanol–water partition coefficient (Wildman–Crippen LogP) is 3.94. The second kappa shape index (κ2) is 6.85. The summed E-state index contributed by atoms with van der Waals surface area (Å²) < 4.78 is 13.1. The second-order valence-corrected chi connectivity index (χ2v) is 11.1. The molecule has 5 nitrogen and oxygen atoms in total. The summed E-state index contributed by atoms with van der Waals surface area (Å²) >= 11 is 0.